The molecule has 4 aromatic carbocycles. The normalized spacial score (nSPS) is 15.9. The van der Waals surface area contributed by atoms with Gasteiger partial charge in [-0.25, -0.2) is 13.1 Å². The SMILES string of the molecule is COc1ccc(-c2ccc3c(c2)CCC2=C/C(=C(/c4cc5c([nH]4)-c4ccc(-c6ccc(OC)cc6)cc4CC5)C(F)(F)F)[N+](B(F)F)=C23)cc1. The zero-order chi connectivity index (χ0) is 34.7. The fourth-order valence-corrected chi connectivity index (χ4v) is 7.51. The van der Waals surface area contributed by atoms with Crippen LogP contribution in [0, 0.1) is 0 Å². The van der Waals surface area contributed by atoms with Crippen molar-refractivity contribution in [2.24, 2.45) is 0 Å². The fourth-order valence-electron chi connectivity index (χ4n) is 7.51. The minimum atomic E-state index is -4.91. The van der Waals surface area contributed by atoms with Crippen LogP contribution in [0.5, 0.6) is 11.5 Å². The number of rotatable bonds is 6. The number of halogens is 5. The highest BCUT2D eigenvalue weighted by molar-refractivity contribution is 6.36. The molecule has 2 aliphatic carbocycles. The van der Waals surface area contributed by atoms with Crippen molar-refractivity contribution in [1.29, 1.82) is 0 Å². The molecule has 3 aliphatic rings. The lowest BCUT2D eigenvalue weighted by Gasteiger charge is -2.18. The molecule has 10 heteroatoms. The lowest BCUT2D eigenvalue weighted by Crippen LogP contribution is -2.30. The van der Waals surface area contributed by atoms with Crippen molar-refractivity contribution in [2.75, 3.05) is 14.2 Å². The van der Waals surface area contributed by atoms with Gasteiger partial charge in [0, 0.05) is 28.5 Å². The van der Waals surface area contributed by atoms with Crippen molar-refractivity contribution in [3.05, 3.63) is 136 Å². The molecule has 0 amide bonds. The molecule has 0 unspecified atom stereocenters. The van der Waals surface area contributed by atoms with Crippen LogP contribution in [0.3, 0.4) is 0 Å². The van der Waals surface area contributed by atoms with Crippen molar-refractivity contribution in [3.8, 4) is 45.0 Å². The summed E-state index contributed by atoms with van der Waals surface area (Å²) in [4.78, 5) is 3.03. The van der Waals surface area contributed by atoms with E-state index in [-0.39, 0.29) is 11.4 Å². The quantitative estimate of drug-likeness (QED) is 0.144. The third kappa shape index (κ3) is 5.43. The molecule has 1 N–H and O–H groups in total. The number of methoxy groups -OCH3 is 2. The van der Waals surface area contributed by atoms with E-state index < -0.39 is 24.8 Å². The molecule has 2 heterocycles. The summed E-state index contributed by atoms with van der Waals surface area (Å²) in [5.41, 5.74) is 6.98. The Morgan fingerprint density at radius 3 is 1.74 bits per heavy atom. The minimum absolute atomic E-state index is 0.131. The maximum atomic E-state index is 15.1. The van der Waals surface area contributed by atoms with Crippen molar-refractivity contribution >= 4 is 18.7 Å². The van der Waals surface area contributed by atoms with Crippen LogP contribution >= 0.6 is 0 Å². The smallest absolute Gasteiger partial charge is 0.497 e. The average Bonchev–Trinajstić information content (AvgIpc) is 3.73. The number of aryl methyl sites for hydroxylation is 3. The van der Waals surface area contributed by atoms with Gasteiger partial charge in [0.25, 0.3) is 0 Å². The Balaban J connectivity index is 1.21. The number of aromatic amines is 1. The van der Waals surface area contributed by atoms with Crippen molar-refractivity contribution in [2.45, 2.75) is 31.9 Å². The highest BCUT2D eigenvalue weighted by Crippen LogP contribution is 2.45. The maximum Gasteiger partial charge on any atom is 0.935 e. The molecule has 4 nitrogen and oxygen atoms in total. The lowest BCUT2D eigenvalue weighted by atomic mass is 9.84. The number of hydrogen-bond acceptors (Lipinski definition) is 2. The van der Waals surface area contributed by atoms with Gasteiger partial charge in [-0.1, -0.05) is 54.6 Å². The van der Waals surface area contributed by atoms with Crippen LogP contribution in [0.2, 0.25) is 0 Å². The number of aromatic nitrogens is 1. The third-order valence-corrected chi connectivity index (χ3v) is 9.93. The molecular formula is C40H31BF5N2O2+. The van der Waals surface area contributed by atoms with E-state index in [9.17, 15) is 0 Å². The first-order valence-electron chi connectivity index (χ1n) is 16.4. The molecule has 0 bridgehead atoms. The number of nitrogens with one attached hydrogen (secondary N) is 1. The molecule has 8 rings (SSSR count). The summed E-state index contributed by atoms with van der Waals surface area (Å²) in [6.45, 7) is 0. The van der Waals surface area contributed by atoms with Crippen LogP contribution in [0.1, 0.15) is 34.4 Å². The van der Waals surface area contributed by atoms with Crippen molar-refractivity contribution in [3.63, 3.8) is 0 Å². The average molecular weight is 678 g/mol. The lowest BCUT2D eigenvalue weighted by molar-refractivity contribution is -0.342. The van der Waals surface area contributed by atoms with Gasteiger partial charge >= 0.3 is 13.6 Å². The van der Waals surface area contributed by atoms with Gasteiger partial charge in [0.05, 0.1) is 19.9 Å². The molecule has 5 aromatic rings. The van der Waals surface area contributed by atoms with E-state index in [1.54, 1.807) is 20.3 Å². The second-order valence-electron chi connectivity index (χ2n) is 12.7. The van der Waals surface area contributed by atoms with E-state index in [0.29, 0.717) is 52.7 Å². The molecule has 0 saturated carbocycles. The Kier molecular flexibility index (Phi) is 7.77. The first-order valence-corrected chi connectivity index (χ1v) is 16.4. The second-order valence-corrected chi connectivity index (χ2v) is 12.7. The number of alkyl halides is 3. The maximum absolute atomic E-state index is 15.1. The van der Waals surface area contributed by atoms with Crippen LogP contribution in [0.15, 0.2) is 108 Å². The summed E-state index contributed by atoms with van der Waals surface area (Å²) < 4.78 is 86.5. The summed E-state index contributed by atoms with van der Waals surface area (Å²) in [6.07, 6.45) is -1.58. The Bertz CT molecular complexity index is 2250. The van der Waals surface area contributed by atoms with Gasteiger partial charge < -0.3 is 14.5 Å². The summed E-state index contributed by atoms with van der Waals surface area (Å²) in [6, 6.07) is 28.1. The van der Waals surface area contributed by atoms with Crippen LogP contribution in [0.25, 0.3) is 39.1 Å². The van der Waals surface area contributed by atoms with E-state index in [4.69, 9.17) is 9.47 Å². The van der Waals surface area contributed by atoms with Crippen LogP contribution in [-0.4, -0.2) is 43.0 Å². The number of allylic oxidation sites excluding steroid dienone is 3. The molecule has 0 atom stereocenters. The van der Waals surface area contributed by atoms with Crippen LogP contribution in [-0.2, 0) is 19.3 Å². The predicted octanol–water partition coefficient (Wildman–Crippen LogP) is 9.72. The highest BCUT2D eigenvalue weighted by atomic mass is 19.4. The Labute approximate surface area is 286 Å². The highest BCUT2D eigenvalue weighted by Gasteiger charge is 2.52. The molecule has 0 radical (unpaired) electrons. The van der Waals surface area contributed by atoms with E-state index in [1.165, 1.54) is 12.1 Å². The van der Waals surface area contributed by atoms with Gasteiger partial charge in [-0.3, -0.25) is 0 Å². The molecule has 0 spiro atoms. The number of H-pyrrole nitrogens is 1. The van der Waals surface area contributed by atoms with E-state index in [1.807, 2.05) is 72.8 Å². The number of fused-ring (bicyclic) bond motifs is 6. The predicted molar refractivity (Wildman–Crippen MR) is 186 cm³/mol. The van der Waals surface area contributed by atoms with Gasteiger partial charge in [0.15, 0.2) is 5.71 Å². The number of ether oxygens (including phenoxy) is 2. The zero-order valence-corrected chi connectivity index (χ0v) is 27.3. The summed E-state index contributed by atoms with van der Waals surface area (Å²) >= 11 is 0. The number of benzene rings is 4. The molecule has 250 valence electrons. The Hall–Kier alpha value is -5.38. The third-order valence-electron chi connectivity index (χ3n) is 9.93. The van der Waals surface area contributed by atoms with Gasteiger partial charge in [0.1, 0.15) is 17.1 Å². The standard InChI is InChI=1S/C40H30BF5N2O2/c1-49-31-13-7-23(8-14-31)25-11-17-33-27(19-25)3-5-29-21-35(47-38(29)33)37(40(42,43)44)36-22-30-6-4-28-20-26(24-9-15-32(50-2)16-10-24)12-18-34(28)39(30)48(36)41(45)46/h7-22H,3-6H2,1-2H3/p+1. The van der Waals surface area contributed by atoms with Gasteiger partial charge in [-0.05, 0) is 101 Å². The minimum Gasteiger partial charge on any atom is -0.497 e. The first-order chi connectivity index (χ1) is 24.1. The van der Waals surface area contributed by atoms with E-state index in [2.05, 4.69) is 11.1 Å². The first kappa shape index (κ1) is 31.9. The van der Waals surface area contributed by atoms with Gasteiger partial charge in [0.2, 0.25) is 5.70 Å². The summed E-state index contributed by atoms with van der Waals surface area (Å²) in [5, 5.41) is 0. The monoisotopic (exact) mass is 677 g/mol. The molecule has 1 aliphatic heterocycles. The zero-order valence-electron chi connectivity index (χ0n) is 27.3. The van der Waals surface area contributed by atoms with Gasteiger partial charge in [-0.15, -0.1) is 0 Å². The van der Waals surface area contributed by atoms with E-state index >= 15 is 21.8 Å². The molecule has 0 fully saturated rings. The summed E-state index contributed by atoms with van der Waals surface area (Å²) in [7, 11) is -0.00213. The molecule has 50 heavy (non-hydrogen) atoms. The summed E-state index contributed by atoms with van der Waals surface area (Å²) in [5.74, 6) is 1.45. The molecular weight excluding hydrogens is 646 g/mol. The Morgan fingerprint density at radius 2 is 1.18 bits per heavy atom. The number of nitrogens with zero attached hydrogens (tertiary/aromatic N) is 1. The molecule has 1 aromatic heterocycles. The van der Waals surface area contributed by atoms with Crippen molar-refractivity contribution < 1.29 is 35.8 Å². The van der Waals surface area contributed by atoms with Crippen molar-refractivity contribution in [1.82, 2.24) is 4.98 Å². The Morgan fingerprint density at radius 1 is 0.660 bits per heavy atom. The van der Waals surface area contributed by atoms with Crippen LogP contribution < -0.4 is 9.47 Å². The molecule has 0 saturated heterocycles. The second kappa shape index (κ2) is 12.2. The largest absolute Gasteiger partial charge is 0.935 e. The topological polar surface area (TPSA) is 37.3 Å². The van der Waals surface area contributed by atoms with E-state index in [0.717, 1.165) is 50.3 Å². The van der Waals surface area contributed by atoms with Crippen LogP contribution in [0.4, 0.5) is 21.8 Å². The van der Waals surface area contributed by atoms with Gasteiger partial charge in [-0.2, -0.15) is 13.2 Å². The fraction of sp³-hybridized carbons (Fsp3) is 0.175. The number of hydrogen-bond donors (Lipinski definition) is 1.